The minimum absolute atomic E-state index is 0.0884. The fourth-order valence-corrected chi connectivity index (χ4v) is 2.34. The first kappa shape index (κ1) is 12.3. The van der Waals surface area contributed by atoms with Gasteiger partial charge in [0.25, 0.3) is 5.89 Å². The molecule has 0 saturated carbocycles. The van der Waals surface area contributed by atoms with Gasteiger partial charge in [0.05, 0.1) is 6.04 Å². The summed E-state index contributed by atoms with van der Waals surface area (Å²) < 4.78 is 7.06. The minimum atomic E-state index is -0.0884. The van der Waals surface area contributed by atoms with E-state index in [4.69, 9.17) is 4.52 Å². The van der Waals surface area contributed by atoms with E-state index < -0.39 is 0 Å². The van der Waals surface area contributed by atoms with Gasteiger partial charge in [-0.25, -0.2) is 9.67 Å². The van der Waals surface area contributed by atoms with Gasteiger partial charge in [-0.1, -0.05) is 18.0 Å². The summed E-state index contributed by atoms with van der Waals surface area (Å²) in [6, 6.07) is 0.123. The zero-order valence-corrected chi connectivity index (χ0v) is 11.0. The molecule has 3 rings (SSSR count). The standard InChI is InChI=1S/C12H18N6O/c1-9(18-8-13-7-15-18)12-16-11(17-19-12)10-5-3-2-4-6-14-10/h7-10,14H,2-6H2,1H3. The van der Waals surface area contributed by atoms with Crippen molar-refractivity contribution in [2.75, 3.05) is 6.54 Å². The monoisotopic (exact) mass is 262 g/mol. The van der Waals surface area contributed by atoms with E-state index in [1.807, 2.05) is 6.92 Å². The van der Waals surface area contributed by atoms with Crippen molar-refractivity contribution in [1.29, 1.82) is 0 Å². The van der Waals surface area contributed by atoms with Gasteiger partial charge in [-0.2, -0.15) is 10.1 Å². The fraction of sp³-hybridized carbons (Fsp3) is 0.667. The maximum absolute atomic E-state index is 5.35. The lowest BCUT2D eigenvalue weighted by Crippen LogP contribution is -2.21. The van der Waals surface area contributed by atoms with Gasteiger partial charge in [0, 0.05) is 0 Å². The molecule has 2 aromatic heterocycles. The first-order chi connectivity index (χ1) is 9.34. The Morgan fingerprint density at radius 2 is 2.37 bits per heavy atom. The Morgan fingerprint density at radius 3 is 3.21 bits per heavy atom. The van der Waals surface area contributed by atoms with Crippen LogP contribution in [0.15, 0.2) is 17.2 Å². The predicted molar refractivity (Wildman–Crippen MR) is 67.3 cm³/mol. The molecule has 1 N–H and O–H groups in total. The molecule has 7 nitrogen and oxygen atoms in total. The predicted octanol–water partition coefficient (Wildman–Crippen LogP) is 1.48. The van der Waals surface area contributed by atoms with E-state index in [-0.39, 0.29) is 12.1 Å². The normalized spacial score (nSPS) is 22.1. The number of hydrogen-bond acceptors (Lipinski definition) is 6. The lowest BCUT2D eigenvalue weighted by molar-refractivity contribution is 0.328. The van der Waals surface area contributed by atoms with Gasteiger partial charge in [-0.05, 0) is 26.3 Å². The van der Waals surface area contributed by atoms with Crippen molar-refractivity contribution >= 4 is 0 Å². The summed E-state index contributed by atoms with van der Waals surface area (Å²) in [4.78, 5) is 8.43. The maximum atomic E-state index is 5.35. The smallest absolute Gasteiger partial charge is 0.251 e. The third kappa shape index (κ3) is 2.65. The molecule has 1 fully saturated rings. The number of nitrogens with zero attached hydrogens (tertiary/aromatic N) is 5. The average molecular weight is 262 g/mol. The Morgan fingerprint density at radius 1 is 1.42 bits per heavy atom. The second-order valence-electron chi connectivity index (χ2n) is 4.90. The molecule has 0 amide bonds. The molecular formula is C12H18N6O. The molecule has 2 atom stereocenters. The van der Waals surface area contributed by atoms with Crippen LogP contribution in [0.4, 0.5) is 0 Å². The van der Waals surface area contributed by atoms with Crippen molar-refractivity contribution in [3.8, 4) is 0 Å². The molecule has 0 aromatic carbocycles. The van der Waals surface area contributed by atoms with Gasteiger partial charge in [-0.15, -0.1) is 0 Å². The van der Waals surface area contributed by atoms with E-state index in [2.05, 4.69) is 25.5 Å². The summed E-state index contributed by atoms with van der Waals surface area (Å²) in [5.74, 6) is 1.33. The van der Waals surface area contributed by atoms with Crippen LogP contribution < -0.4 is 5.32 Å². The molecule has 0 bridgehead atoms. The van der Waals surface area contributed by atoms with Crippen molar-refractivity contribution < 1.29 is 4.52 Å². The second-order valence-corrected chi connectivity index (χ2v) is 4.90. The van der Waals surface area contributed by atoms with E-state index >= 15 is 0 Å². The number of rotatable bonds is 3. The summed E-state index contributed by atoms with van der Waals surface area (Å²) in [7, 11) is 0. The number of aromatic nitrogens is 5. The molecule has 0 radical (unpaired) electrons. The Balaban J connectivity index is 1.75. The highest BCUT2D eigenvalue weighted by atomic mass is 16.5. The highest BCUT2D eigenvalue weighted by molar-refractivity contribution is 4.98. The third-order valence-electron chi connectivity index (χ3n) is 3.52. The van der Waals surface area contributed by atoms with Crippen LogP contribution in [0.5, 0.6) is 0 Å². The van der Waals surface area contributed by atoms with E-state index in [0.29, 0.717) is 5.89 Å². The second kappa shape index (κ2) is 5.48. The van der Waals surface area contributed by atoms with Crippen molar-refractivity contribution in [2.45, 2.75) is 44.7 Å². The molecule has 1 saturated heterocycles. The van der Waals surface area contributed by atoms with Crippen LogP contribution in [0, 0.1) is 0 Å². The van der Waals surface area contributed by atoms with E-state index in [0.717, 1.165) is 18.8 Å². The first-order valence-electron chi connectivity index (χ1n) is 6.75. The molecular weight excluding hydrogens is 244 g/mol. The van der Waals surface area contributed by atoms with Crippen LogP contribution in [-0.4, -0.2) is 31.4 Å². The number of nitrogens with one attached hydrogen (secondary N) is 1. The Hall–Kier alpha value is -1.76. The quantitative estimate of drug-likeness (QED) is 0.902. The van der Waals surface area contributed by atoms with E-state index in [1.165, 1.54) is 25.6 Å². The summed E-state index contributed by atoms with van der Waals surface area (Å²) in [5, 5.41) is 11.7. The molecule has 7 heteroatoms. The topological polar surface area (TPSA) is 81.7 Å². The van der Waals surface area contributed by atoms with Gasteiger partial charge in [-0.3, -0.25) is 0 Å². The fourth-order valence-electron chi connectivity index (χ4n) is 2.34. The van der Waals surface area contributed by atoms with Crippen molar-refractivity contribution in [1.82, 2.24) is 30.2 Å². The van der Waals surface area contributed by atoms with Crippen LogP contribution in [0.1, 0.15) is 56.4 Å². The number of hydrogen-bond donors (Lipinski definition) is 1. The van der Waals surface area contributed by atoms with E-state index in [9.17, 15) is 0 Å². The van der Waals surface area contributed by atoms with Crippen LogP contribution in [0.25, 0.3) is 0 Å². The summed E-state index contributed by atoms with van der Waals surface area (Å²) >= 11 is 0. The molecule has 1 aliphatic rings. The van der Waals surface area contributed by atoms with Crippen molar-refractivity contribution in [3.05, 3.63) is 24.4 Å². The molecule has 102 valence electrons. The lowest BCUT2D eigenvalue weighted by atomic mass is 10.1. The van der Waals surface area contributed by atoms with Crippen LogP contribution >= 0.6 is 0 Å². The maximum Gasteiger partial charge on any atom is 0.251 e. The minimum Gasteiger partial charge on any atom is -0.337 e. The van der Waals surface area contributed by atoms with E-state index in [1.54, 1.807) is 11.0 Å². The molecule has 2 unspecified atom stereocenters. The SMILES string of the molecule is CC(c1nc(C2CCCCCN2)no1)n1cncn1. The van der Waals surface area contributed by atoms with Gasteiger partial charge in [0.2, 0.25) is 0 Å². The zero-order chi connectivity index (χ0) is 13.1. The summed E-state index contributed by atoms with van der Waals surface area (Å²) in [6.45, 7) is 2.99. The first-order valence-corrected chi connectivity index (χ1v) is 6.75. The molecule has 2 aromatic rings. The molecule has 0 aliphatic carbocycles. The van der Waals surface area contributed by atoms with Crippen LogP contribution in [0.2, 0.25) is 0 Å². The zero-order valence-electron chi connectivity index (χ0n) is 11.0. The Labute approximate surface area is 111 Å². The van der Waals surface area contributed by atoms with Gasteiger partial charge in [0.15, 0.2) is 5.82 Å². The van der Waals surface area contributed by atoms with Crippen LogP contribution in [-0.2, 0) is 0 Å². The molecule has 1 aliphatic heterocycles. The van der Waals surface area contributed by atoms with Gasteiger partial charge >= 0.3 is 0 Å². The highest BCUT2D eigenvalue weighted by Gasteiger charge is 2.22. The van der Waals surface area contributed by atoms with Crippen molar-refractivity contribution in [2.24, 2.45) is 0 Å². The van der Waals surface area contributed by atoms with Gasteiger partial charge in [0.1, 0.15) is 18.7 Å². The average Bonchev–Trinajstić information content (AvgIpc) is 3.05. The Kier molecular flexibility index (Phi) is 3.54. The largest absolute Gasteiger partial charge is 0.337 e. The molecule has 19 heavy (non-hydrogen) atoms. The summed E-state index contributed by atoms with van der Waals surface area (Å²) in [6.07, 6.45) is 7.91. The highest BCUT2D eigenvalue weighted by Crippen LogP contribution is 2.22. The summed E-state index contributed by atoms with van der Waals surface area (Å²) in [5.41, 5.74) is 0. The molecule has 3 heterocycles. The molecule has 0 spiro atoms. The van der Waals surface area contributed by atoms with Crippen LogP contribution in [0.3, 0.4) is 0 Å². The third-order valence-corrected chi connectivity index (χ3v) is 3.52. The lowest BCUT2D eigenvalue weighted by Gasteiger charge is -2.10. The van der Waals surface area contributed by atoms with Crippen molar-refractivity contribution in [3.63, 3.8) is 0 Å². The Bertz CT molecular complexity index is 500. The van der Waals surface area contributed by atoms with Gasteiger partial charge < -0.3 is 9.84 Å².